The molecule has 0 aromatic heterocycles. The van der Waals surface area contributed by atoms with Gasteiger partial charge in [0.15, 0.2) is 0 Å². The summed E-state index contributed by atoms with van der Waals surface area (Å²) in [6.07, 6.45) is 6.31. The highest BCUT2D eigenvalue weighted by Gasteiger charge is 2.20. The number of halogens is 3. The quantitative estimate of drug-likeness (QED) is 0.782. The predicted molar refractivity (Wildman–Crippen MR) is 76.9 cm³/mol. The van der Waals surface area contributed by atoms with Crippen LogP contribution in [0.25, 0.3) is 0 Å². The van der Waals surface area contributed by atoms with E-state index in [9.17, 15) is 8.78 Å². The van der Waals surface area contributed by atoms with E-state index in [0.29, 0.717) is 16.4 Å². The first-order chi connectivity index (χ1) is 9.09. The van der Waals surface area contributed by atoms with Gasteiger partial charge in [0.25, 0.3) is 0 Å². The molecule has 1 nitrogen and oxygen atoms in total. The van der Waals surface area contributed by atoms with Crippen molar-refractivity contribution in [2.45, 2.75) is 51.6 Å². The standard InChI is InChI=1S/C15H20BrF2N/c1-10(11-5-3-2-4-6-11)19-9-12-14(17)8-7-13(16)15(12)18/h7-8,10-11,19H,2-6,9H2,1H3/t10-/m0/s1. The topological polar surface area (TPSA) is 12.0 Å². The minimum Gasteiger partial charge on any atom is -0.310 e. The van der Waals surface area contributed by atoms with E-state index in [4.69, 9.17) is 0 Å². The van der Waals surface area contributed by atoms with Crippen molar-refractivity contribution in [3.05, 3.63) is 33.8 Å². The van der Waals surface area contributed by atoms with Crippen LogP contribution in [0.2, 0.25) is 0 Å². The summed E-state index contributed by atoms with van der Waals surface area (Å²) in [6.45, 7) is 2.36. The van der Waals surface area contributed by atoms with Crippen molar-refractivity contribution in [2.75, 3.05) is 0 Å². The lowest BCUT2D eigenvalue weighted by molar-refractivity contribution is 0.279. The van der Waals surface area contributed by atoms with Gasteiger partial charge in [-0.2, -0.15) is 0 Å². The van der Waals surface area contributed by atoms with Crippen molar-refractivity contribution in [1.29, 1.82) is 0 Å². The molecule has 0 radical (unpaired) electrons. The highest BCUT2D eigenvalue weighted by atomic mass is 79.9. The van der Waals surface area contributed by atoms with Gasteiger partial charge in [-0.1, -0.05) is 19.3 Å². The molecule has 1 saturated carbocycles. The highest BCUT2D eigenvalue weighted by molar-refractivity contribution is 9.10. The fourth-order valence-electron chi connectivity index (χ4n) is 2.79. The Bertz CT molecular complexity index is 430. The first-order valence-corrected chi connectivity index (χ1v) is 7.74. The van der Waals surface area contributed by atoms with Crippen LogP contribution in [0.15, 0.2) is 16.6 Å². The summed E-state index contributed by atoms with van der Waals surface area (Å²) < 4.78 is 27.8. The molecule has 0 spiro atoms. The molecule has 0 unspecified atom stereocenters. The van der Waals surface area contributed by atoms with E-state index < -0.39 is 11.6 Å². The van der Waals surface area contributed by atoms with Crippen molar-refractivity contribution >= 4 is 15.9 Å². The number of benzene rings is 1. The molecule has 0 amide bonds. The third kappa shape index (κ3) is 3.76. The third-order valence-electron chi connectivity index (χ3n) is 4.10. The normalized spacial score (nSPS) is 18.5. The summed E-state index contributed by atoms with van der Waals surface area (Å²) in [5, 5.41) is 3.28. The lowest BCUT2D eigenvalue weighted by Gasteiger charge is -2.28. The second-order valence-electron chi connectivity index (χ2n) is 5.39. The van der Waals surface area contributed by atoms with E-state index in [2.05, 4.69) is 28.2 Å². The Balaban J connectivity index is 1.96. The van der Waals surface area contributed by atoms with Gasteiger partial charge in [0.05, 0.1) is 4.47 Å². The highest BCUT2D eigenvalue weighted by Crippen LogP contribution is 2.27. The lowest BCUT2D eigenvalue weighted by Crippen LogP contribution is -2.34. The predicted octanol–water partition coefficient (Wildman–Crippen LogP) is 4.79. The Kier molecular flexibility index (Phi) is 5.34. The monoisotopic (exact) mass is 331 g/mol. The molecule has 0 saturated heterocycles. The minimum atomic E-state index is -0.497. The molecule has 0 bridgehead atoms. The van der Waals surface area contributed by atoms with Crippen molar-refractivity contribution in [3.8, 4) is 0 Å². The molecule has 0 aliphatic heterocycles. The van der Waals surface area contributed by atoms with Gasteiger partial charge in [-0.25, -0.2) is 8.78 Å². The van der Waals surface area contributed by atoms with E-state index in [-0.39, 0.29) is 12.1 Å². The maximum atomic E-state index is 13.8. The van der Waals surface area contributed by atoms with Crippen molar-refractivity contribution < 1.29 is 8.78 Å². The van der Waals surface area contributed by atoms with Crippen LogP contribution in [0.4, 0.5) is 8.78 Å². The molecule has 4 heteroatoms. The lowest BCUT2D eigenvalue weighted by atomic mass is 9.84. The summed E-state index contributed by atoms with van der Waals surface area (Å²) in [5.41, 5.74) is 0.122. The van der Waals surface area contributed by atoms with Gasteiger partial charge in [-0.15, -0.1) is 0 Å². The molecule has 2 rings (SSSR count). The second kappa shape index (κ2) is 6.80. The van der Waals surface area contributed by atoms with E-state index in [1.54, 1.807) is 0 Å². The minimum absolute atomic E-state index is 0.122. The van der Waals surface area contributed by atoms with Gasteiger partial charge in [-0.05, 0) is 53.7 Å². The number of rotatable bonds is 4. The molecule has 1 fully saturated rings. The molecular formula is C15H20BrF2N. The Morgan fingerprint density at radius 3 is 2.63 bits per heavy atom. The zero-order valence-corrected chi connectivity index (χ0v) is 12.8. The van der Waals surface area contributed by atoms with Gasteiger partial charge in [0.1, 0.15) is 11.6 Å². The number of hydrogen-bond acceptors (Lipinski definition) is 1. The first-order valence-electron chi connectivity index (χ1n) is 6.95. The molecular weight excluding hydrogens is 312 g/mol. The SMILES string of the molecule is C[C@H](NCc1c(F)ccc(Br)c1F)C1CCCCC1. The van der Waals surface area contributed by atoms with Crippen molar-refractivity contribution in [2.24, 2.45) is 5.92 Å². The molecule has 1 aliphatic carbocycles. The van der Waals surface area contributed by atoms with E-state index >= 15 is 0 Å². The van der Waals surface area contributed by atoms with Crippen LogP contribution in [-0.4, -0.2) is 6.04 Å². The Morgan fingerprint density at radius 1 is 1.26 bits per heavy atom. The molecule has 106 valence electrons. The zero-order chi connectivity index (χ0) is 13.8. The van der Waals surface area contributed by atoms with Gasteiger partial charge in [0.2, 0.25) is 0 Å². The molecule has 19 heavy (non-hydrogen) atoms. The second-order valence-corrected chi connectivity index (χ2v) is 6.24. The van der Waals surface area contributed by atoms with Crippen LogP contribution in [0.5, 0.6) is 0 Å². The molecule has 0 heterocycles. The Hall–Kier alpha value is -0.480. The van der Waals surface area contributed by atoms with Crippen LogP contribution < -0.4 is 5.32 Å². The molecule has 1 N–H and O–H groups in total. The average Bonchev–Trinajstić information content (AvgIpc) is 2.44. The summed E-state index contributed by atoms with van der Waals surface area (Å²) in [5.74, 6) is -0.348. The largest absolute Gasteiger partial charge is 0.310 e. The van der Waals surface area contributed by atoms with Crippen LogP contribution in [-0.2, 0) is 6.54 Å². The molecule has 1 aromatic rings. The zero-order valence-electron chi connectivity index (χ0n) is 11.2. The van der Waals surface area contributed by atoms with Gasteiger partial charge < -0.3 is 5.32 Å². The number of nitrogens with one attached hydrogen (secondary N) is 1. The molecule has 1 aliphatic rings. The van der Waals surface area contributed by atoms with E-state index in [1.165, 1.54) is 44.2 Å². The summed E-state index contributed by atoms with van der Waals surface area (Å²) in [7, 11) is 0. The summed E-state index contributed by atoms with van der Waals surface area (Å²) in [6, 6.07) is 3.01. The van der Waals surface area contributed by atoms with Crippen LogP contribution in [0, 0.1) is 17.6 Å². The average molecular weight is 332 g/mol. The smallest absolute Gasteiger partial charge is 0.144 e. The Labute approximate surface area is 121 Å². The third-order valence-corrected chi connectivity index (χ3v) is 4.71. The number of hydrogen-bond donors (Lipinski definition) is 1. The fraction of sp³-hybridized carbons (Fsp3) is 0.600. The van der Waals surface area contributed by atoms with Gasteiger partial charge >= 0.3 is 0 Å². The molecule has 1 aromatic carbocycles. The van der Waals surface area contributed by atoms with E-state index in [1.807, 2.05) is 0 Å². The fourth-order valence-corrected chi connectivity index (χ4v) is 3.17. The van der Waals surface area contributed by atoms with Crippen LogP contribution in [0.1, 0.15) is 44.6 Å². The van der Waals surface area contributed by atoms with Crippen LogP contribution in [0.3, 0.4) is 0 Å². The first kappa shape index (κ1) is 14.9. The summed E-state index contributed by atoms with van der Waals surface area (Å²) >= 11 is 3.09. The van der Waals surface area contributed by atoms with Crippen molar-refractivity contribution in [3.63, 3.8) is 0 Å². The summed E-state index contributed by atoms with van der Waals surface area (Å²) in [4.78, 5) is 0. The van der Waals surface area contributed by atoms with Crippen molar-refractivity contribution in [1.82, 2.24) is 5.32 Å². The maximum absolute atomic E-state index is 13.8. The van der Waals surface area contributed by atoms with Crippen LogP contribution >= 0.6 is 15.9 Å². The van der Waals surface area contributed by atoms with E-state index in [0.717, 1.165) is 0 Å². The Morgan fingerprint density at radius 2 is 1.95 bits per heavy atom. The van der Waals surface area contributed by atoms with Gasteiger partial charge in [0, 0.05) is 18.2 Å². The molecule has 1 atom stereocenters. The maximum Gasteiger partial charge on any atom is 0.144 e. The van der Waals surface area contributed by atoms with Gasteiger partial charge in [-0.3, -0.25) is 0 Å².